The number of hydrogen-bond donors (Lipinski definition) is 1. The Morgan fingerprint density at radius 1 is 0.938 bits per heavy atom. The van der Waals surface area contributed by atoms with Gasteiger partial charge in [-0.3, -0.25) is 29.6 Å². The van der Waals surface area contributed by atoms with Crippen LogP contribution < -0.4 is 5.32 Å². The number of non-ortho nitro benzene ring substituents is 2. The van der Waals surface area contributed by atoms with E-state index >= 15 is 0 Å². The number of carbonyl (C=O) groups is 1. The molecular formula is C20H18N3O8P. The minimum atomic E-state index is -3.95. The second-order valence-electron chi connectivity index (χ2n) is 6.60. The lowest BCUT2D eigenvalue weighted by Gasteiger charge is -2.26. The van der Waals surface area contributed by atoms with Crippen molar-refractivity contribution in [2.24, 2.45) is 0 Å². The molecule has 0 fully saturated rings. The highest BCUT2D eigenvalue weighted by atomic mass is 31.2. The van der Waals surface area contributed by atoms with Crippen LogP contribution in [0.1, 0.15) is 21.7 Å². The van der Waals surface area contributed by atoms with Crippen LogP contribution in [0.5, 0.6) is 0 Å². The smallest absolute Gasteiger partial charge is 0.334 e. The van der Waals surface area contributed by atoms with E-state index in [9.17, 15) is 29.6 Å². The number of carbonyl (C=O) groups excluding carboxylic acids is 1. The molecule has 0 saturated heterocycles. The maximum Gasteiger partial charge on any atom is 0.356 e. The summed E-state index contributed by atoms with van der Waals surface area (Å²) in [4.78, 5) is 33.6. The molecule has 0 aliphatic heterocycles. The van der Waals surface area contributed by atoms with Gasteiger partial charge in [-0.05, 0) is 16.3 Å². The van der Waals surface area contributed by atoms with E-state index in [1.165, 1.54) is 0 Å². The van der Waals surface area contributed by atoms with Crippen LogP contribution in [0.15, 0.2) is 60.7 Å². The van der Waals surface area contributed by atoms with Crippen LogP contribution in [-0.2, 0) is 13.6 Å². The van der Waals surface area contributed by atoms with Crippen LogP contribution in [0, 0.1) is 20.2 Å². The van der Waals surface area contributed by atoms with Gasteiger partial charge in [-0.1, -0.05) is 42.5 Å². The Labute approximate surface area is 181 Å². The third kappa shape index (κ3) is 4.50. The lowest BCUT2D eigenvalue weighted by Crippen LogP contribution is -2.29. The van der Waals surface area contributed by atoms with Crippen molar-refractivity contribution in [3.63, 3.8) is 0 Å². The van der Waals surface area contributed by atoms with Gasteiger partial charge in [0.2, 0.25) is 0 Å². The minimum Gasteiger partial charge on any atom is -0.334 e. The first kappa shape index (κ1) is 23.0. The van der Waals surface area contributed by atoms with E-state index in [1.807, 2.05) is 18.2 Å². The second kappa shape index (κ2) is 9.23. The van der Waals surface area contributed by atoms with E-state index in [4.69, 9.17) is 9.05 Å². The molecule has 0 aliphatic carbocycles. The summed E-state index contributed by atoms with van der Waals surface area (Å²) in [5, 5.41) is 26.3. The maximum absolute atomic E-state index is 13.3. The number of benzene rings is 3. The molecule has 0 aromatic heterocycles. The average molecular weight is 459 g/mol. The summed E-state index contributed by atoms with van der Waals surface area (Å²) in [7, 11) is -1.63. The fourth-order valence-corrected chi connectivity index (χ4v) is 4.66. The summed E-state index contributed by atoms with van der Waals surface area (Å²) >= 11 is 0. The van der Waals surface area contributed by atoms with Crippen molar-refractivity contribution in [3.05, 3.63) is 92.0 Å². The first-order valence-electron chi connectivity index (χ1n) is 9.13. The van der Waals surface area contributed by atoms with Crippen molar-refractivity contribution in [1.82, 2.24) is 5.32 Å². The Morgan fingerprint density at radius 3 is 2.06 bits per heavy atom. The number of nitro groups is 2. The zero-order valence-corrected chi connectivity index (χ0v) is 17.9. The van der Waals surface area contributed by atoms with Gasteiger partial charge in [-0.2, -0.15) is 0 Å². The number of nitrogens with zero attached hydrogens (tertiary/aromatic N) is 2. The molecule has 32 heavy (non-hydrogen) atoms. The van der Waals surface area contributed by atoms with Gasteiger partial charge in [-0.15, -0.1) is 0 Å². The molecule has 11 nitrogen and oxygen atoms in total. The van der Waals surface area contributed by atoms with E-state index in [0.29, 0.717) is 10.9 Å². The minimum absolute atomic E-state index is 0.352. The summed E-state index contributed by atoms with van der Waals surface area (Å²) in [6, 6.07) is 14.9. The average Bonchev–Trinajstić information content (AvgIpc) is 2.81. The number of hydrogen-bond acceptors (Lipinski definition) is 8. The molecule has 166 valence electrons. The number of amides is 1. The molecule has 1 N–H and O–H groups in total. The van der Waals surface area contributed by atoms with E-state index in [-0.39, 0.29) is 5.56 Å². The molecule has 0 heterocycles. The van der Waals surface area contributed by atoms with Crippen LogP contribution in [0.3, 0.4) is 0 Å². The SMILES string of the molecule is COP(=O)(OC)[C@H](NC(=O)c1cc([N+](=O)[O-])cc([N+](=O)[O-])c1)c1cccc2ccccc12. The van der Waals surface area contributed by atoms with E-state index in [2.05, 4.69) is 5.32 Å². The Morgan fingerprint density at radius 2 is 1.50 bits per heavy atom. The molecule has 1 amide bonds. The van der Waals surface area contributed by atoms with Crippen LogP contribution in [0.2, 0.25) is 0 Å². The summed E-state index contributed by atoms with van der Waals surface area (Å²) in [5.74, 6) is -2.22. The van der Waals surface area contributed by atoms with E-state index in [0.717, 1.165) is 37.8 Å². The van der Waals surface area contributed by atoms with Gasteiger partial charge in [-0.25, -0.2) is 0 Å². The van der Waals surface area contributed by atoms with Gasteiger partial charge >= 0.3 is 7.60 Å². The third-order valence-corrected chi connectivity index (χ3v) is 6.85. The highest BCUT2D eigenvalue weighted by Crippen LogP contribution is 2.59. The fraction of sp³-hybridized carbons (Fsp3) is 0.150. The number of nitrogens with one attached hydrogen (secondary N) is 1. The van der Waals surface area contributed by atoms with Crippen LogP contribution in [0.25, 0.3) is 10.8 Å². The molecule has 3 aromatic carbocycles. The molecule has 3 aromatic rings. The Hall–Kier alpha value is -3.66. The van der Waals surface area contributed by atoms with E-state index < -0.39 is 40.5 Å². The molecule has 0 spiro atoms. The zero-order valence-electron chi connectivity index (χ0n) is 17.0. The van der Waals surface area contributed by atoms with Crippen molar-refractivity contribution in [1.29, 1.82) is 0 Å². The van der Waals surface area contributed by atoms with Crippen molar-refractivity contribution < 1.29 is 28.3 Å². The monoisotopic (exact) mass is 459 g/mol. The van der Waals surface area contributed by atoms with Gasteiger partial charge in [0.25, 0.3) is 17.3 Å². The molecule has 0 saturated carbocycles. The number of rotatable bonds is 8. The van der Waals surface area contributed by atoms with Gasteiger partial charge in [0.05, 0.1) is 21.5 Å². The Bertz CT molecular complexity index is 1220. The first-order chi connectivity index (χ1) is 15.2. The molecular weight excluding hydrogens is 441 g/mol. The summed E-state index contributed by atoms with van der Waals surface area (Å²) in [6.45, 7) is 0. The van der Waals surface area contributed by atoms with Crippen molar-refractivity contribution in [2.45, 2.75) is 5.78 Å². The normalized spacial score (nSPS) is 12.3. The molecule has 12 heteroatoms. The zero-order chi connectivity index (χ0) is 23.5. The lowest BCUT2D eigenvalue weighted by molar-refractivity contribution is -0.394. The van der Waals surface area contributed by atoms with Crippen LogP contribution in [-0.4, -0.2) is 30.0 Å². The predicted octanol–water partition coefficient (Wildman–Crippen LogP) is 4.57. The molecule has 1 atom stereocenters. The van der Waals surface area contributed by atoms with E-state index in [1.54, 1.807) is 24.3 Å². The molecule has 3 rings (SSSR count). The fourth-order valence-electron chi connectivity index (χ4n) is 3.25. The quantitative estimate of drug-likeness (QED) is 0.292. The Kier molecular flexibility index (Phi) is 6.64. The highest BCUT2D eigenvalue weighted by molar-refractivity contribution is 7.54. The summed E-state index contributed by atoms with van der Waals surface area (Å²) < 4.78 is 23.6. The van der Waals surface area contributed by atoms with Crippen LogP contribution in [0.4, 0.5) is 11.4 Å². The van der Waals surface area contributed by atoms with Crippen molar-refractivity contribution >= 4 is 35.7 Å². The molecule has 0 aliphatic rings. The standard InChI is InChI=1S/C20H18N3O8P/c1-30-32(29,31-2)20(18-9-5-7-13-6-3-4-8-17(13)18)21-19(24)14-10-15(22(25)26)12-16(11-14)23(27)28/h3-12,20H,1-2H3,(H,21,24)/t20-/m0/s1. The second-order valence-corrected chi connectivity index (χ2v) is 8.93. The highest BCUT2D eigenvalue weighted by Gasteiger charge is 2.38. The maximum atomic E-state index is 13.3. The predicted molar refractivity (Wildman–Crippen MR) is 116 cm³/mol. The third-order valence-electron chi connectivity index (χ3n) is 4.80. The number of nitro benzene ring substituents is 2. The Balaban J connectivity index is 2.12. The molecule has 0 unspecified atom stereocenters. The van der Waals surface area contributed by atoms with Crippen LogP contribution >= 0.6 is 7.60 Å². The lowest BCUT2D eigenvalue weighted by atomic mass is 10.0. The first-order valence-corrected chi connectivity index (χ1v) is 10.7. The van der Waals surface area contributed by atoms with Gasteiger partial charge in [0.1, 0.15) is 0 Å². The van der Waals surface area contributed by atoms with Crippen molar-refractivity contribution in [3.8, 4) is 0 Å². The van der Waals surface area contributed by atoms with Crippen molar-refractivity contribution in [2.75, 3.05) is 14.2 Å². The summed E-state index contributed by atoms with van der Waals surface area (Å²) in [5.41, 5.74) is -1.20. The van der Waals surface area contributed by atoms with Gasteiger partial charge in [0, 0.05) is 26.4 Å². The van der Waals surface area contributed by atoms with Gasteiger partial charge < -0.3 is 14.4 Å². The summed E-state index contributed by atoms with van der Waals surface area (Å²) in [6.07, 6.45) is 0. The van der Waals surface area contributed by atoms with Gasteiger partial charge in [0.15, 0.2) is 5.78 Å². The largest absolute Gasteiger partial charge is 0.356 e. The molecule has 0 radical (unpaired) electrons. The topological polar surface area (TPSA) is 151 Å². The number of fused-ring (bicyclic) bond motifs is 1. The molecule has 0 bridgehead atoms.